The van der Waals surface area contributed by atoms with Gasteiger partial charge in [0.25, 0.3) is 0 Å². The summed E-state index contributed by atoms with van der Waals surface area (Å²) in [6.45, 7) is 5.57. The molecule has 0 spiro atoms. The van der Waals surface area contributed by atoms with Gasteiger partial charge in [0, 0.05) is 4.90 Å². The molecule has 142 valence electrons. The molecule has 3 nitrogen and oxygen atoms in total. The van der Waals surface area contributed by atoms with E-state index in [2.05, 4.69) is 79.1 Å². The van der Waals surface area contributed by atoms with Crippen LogP contribution in [0.15, 0.2) is 77.7 Å². The molecule has 0 radical (unpaired) electrons. The molecule has 4 heteroatoms. The van der Waals surface area contributed by atoms with Gasteiger partial charge >= 0.3 is 0 Å². The summed E-state index contributed by atoms with van der Waals surface area (Å²) in [4.78, 5) is 6.13. The molecule has 0 N–H and O–H groups in total. The van der Waals surface area contributed by atoms with E-state index >= 15 is 0 Å². The normalized spacial score (nSPS) is 11.1. The van der Waals surface area contributed by atoms with E-state index in [1.165, 1.54) is 16.0 Å². The Labute approximate surface area is 170 Å². The van der Waals surface area contributed by atoms with Crippen LogP contribution in [0.5, 0.6) is 5.75 Å². The average molecular weight is 389 g/mol. The molecule has 0 amide bonds. The fourth-order valence-electron chi connectivity index (χ4n) is 3.26. The highest BCUT2D eigenvalue weighted by atomic mass is 32.2. The van der Waals surface area contributed by atoms with Crippen LogP contribution in [0.3, 0.4) is 0 Å². The lowest BCUT2D eigenvalue weighted by Gasteiger charge is -2.13. The fraction of sp³-hybridized carbons (Fsp3) is 0.208. The predicted octanol–water partition coefficient (Wildman–Crippen LogP) is 6.02. The van der Waals surface area contributed by atoms with Gasteiger partial charge in [0.15, 0.2) is 0 Å². The van der Waals surface area contributed by atoms with E-state index in [9.17, 15) is 0 Å². The Balaban J connectivity index is 1.52. The number of imidazole rings is 1. The second kappa shape index (κ2) is 8.53. The van der Waals surface area contributed by atoms with Crippen molar-refractivity contribution in [1.29, 1.82) is 0 Å². The summed E-state index contributed by atoms with van der Waals surface area (Å²) in [5, 5.41) is 0. The highest BCUT2D eigenvalue weighted by Gasteiger charge is 2.11. The molecule has 0 fully saturated rings. The smallest absolute Gasteiger partial charge is 0.122 e. The molecule has 0 aliphatic carbocycles. The number of thioether (sulfide) groups is 1. The monoisotopic (exact) mass is 388 g/mol. The van der Waals surface area contributed by atoms with Crippen LogP contribution in [-0.2, 0) is 12.3 Å². The highest BCUT2D eigenvalue weighted by Crippen LogP contribution is 2.25. The van der Waals surface area contributed by atoms with Crippen molar-refractivity contribution in [2.45, 2.75) is 31.0 Å². The van der Waals surface area contributed by atoms with Crippen molar-refractivity contribution in [1.82, 2.24) is 9.55 Å². The molecule has 0 aliphatic heterocycles. The van der Waals surface area contributed by atoms with E-state index in [1.807, 2.05) is 23.9 Å². The van der Waals surface area contributed by atoms with Gasteiger partial charge in [-0.3, -0.25) is 0 Å². The first-order valence-corrected chi connectivity index (χ1v) is 10.5. The van der Waals surface area contributed by atoms with Gasteiger partial charge in [-0.25, -0.2) is 4.98 Å². The first-order chi connectivity index (χ1) is 13.7. The molecular weight excluding hydrogens is 364 g/mol. The van der Waals surface area contributed by atoms with E-state index < -0.39 is 0 Å². The number of hydrogen-bond acceptors (Lipinski definition) is 3. The summed E-state index contributed by atoms with van der Waals surface area (Å²) in [7, 11) is 0. The van der Waals surface area contributed by atoms with Crippen molar-refractivity contribution < 1.29 is 4.74 Å². The largest absolute Gasteiger partial charge is 0.491 e. The van der Waals surface area contributed by atoms with Crippen LogP contribution in [0.1, 0.15) is 17.0 Å². The van der Waals surface area contributed by atoms with Crippen molar-refractivity contribution in [3.63, 3.8) is 0 Å². The standard InChI is InChI=1S/C24H24N2OS/c1-18-12-13-19(2)23(16-18)27-15-14-26-22-11-7-6-10-21(22)25-24(26)17-28-20-8-4-3-5-9-20/h3-13,16H,14-15,17H2,1-2H3. The maximum Gasteiger partial charge on any atom is 0.122 e. The molecule has 1 aromatic heterocycles. The van der Waals surface area contributed by atoms with Gasteiger partial charge < -0.3 is 9.30 Å². The maximum absolute atomic E-state index is 6.10. The van der Waals surface area contributed by atoms with E-state index in [0.29, 0.717) is 6.61 Å². The van der Waals surface area contributed by atoms with E-state index in [0.717, 1.165) is 34.9 Å². The molecule has 0 saturated heterocycles. The maximum atomic E-state index is 6.10. The second-order valence-corrected chi connectivity index (χ2v) is 7.94. The number of nitrogens with zero attached hydrogens (tertiary/aromatic N) is 2. The molecule has 28 heavy (non-hydrogen) atoms. The number of aryl methyl sites for hydroxylation is 2. The predicted molar refractivity (Wildman–Crippen MR) is 117 cm³/mol. The van der Waals surface area contributed by atoms with Gasteiger partial charge in [-0.05, 0) is 55.3 Å². The van der Waals surface area contributed by atoms with E-state index in [4.69, 9.17) is 9.72 Å². The van der Waals surface area contributed by atoms with Gasteiger partial charge in [0.05, 0.1) is 23.3 Å². The molecule has 4 aromatic rings. The summed E-state index contributed by atoms with van der Waals surface area (Å²) in [5.41, 5.74) is 4.59. The first-order valence-electron chi connectivity index (χ1n) is 9.53. The number of hydrogen-bond donors (Lipinski definition) is 0. The number of rotatable bonds is 7. The molecule has 3 aromatic carbocycles. The molecule has 0 bridgehead atoms. The minimum absolute atomic E-state index is 0.619. The molecule has 0 saturated carbocycles. The minimum Gasteiger partial charge on any atom is -0.491 e. The van der Waals surface area contributed by atoms with Gasteiger partial charge in [0.2, 0.25) is 0 Å². The third-order valence-corrected chi connectivity index (χ3v) is 5.77. The fourth-order valence-corrected chi connectivity index (χ4v) is 4.13. The zero-order chi connectivity index (χ0) is 19.3. The Morgan fingerprint density at radius 1 is 0.929 bits per heavy atom. The molecule has 0 aliphatic rings. The topological polar surface area (TPSA) is 27.1 Å². The van der Waals surface area contributed by atoms with Gasteiger partial charge in [-0.2, -0.15) is 0 Å². The number of para-hydroxylation sites is 2. The molecule has 4 rings (SSSR count). The van der Waals surface area contributed by atoms with Gasteiger partial charge in [-0.15, -0.1) is 11.8 Å². The van der Waals surface area contributed by atoms with Crippen molar-refractivity contribution in [3.05, 3.63) is 89.7 Å². The summed E-state index contributed by atoms with van der Waals surface area (Å²) in [5.74, 6) is 2.88. The summed E-state index contributed by atoms with van der Waals surface area (Å²) in [6.07, 6.45) is 0. The lowest BCUT2D eigenvalue weighted by atomic mass is 10.1. The van der Waals surface area contributed by atoms with Crippen LogP contribution in [0.4, 0.5) is 0 Å². The minimum atomic E-state index is 0.619. The first kappa shape index (κ1) is 18.6. The van der Waals surface area contributed by atoms with Crippen molar-refractivity contribution >= 4 is 22.8 Å². The Morgan fingerprint density at radius 3 is 2.57 bits per heavy atom. The number of benzene rings is 3. The summed E-state index contributed by atoms with van der Waals surface area (Å²) >= 11 is 1.81. The van der Waals surface area contributed by atoms with Crippen LogP contribution in [0, 0.1) is 13.8 Å². The number of aromatic nitrogens is 2. The third-order valence-electron chi connectivity index (χ3n) is 4.76. The lowest BCUT2D eigenvalue weighted by molar-refractivity contribution is 0.297. The van der Waals surface area contributed by atoms with Crippen LogP contribution in [0.25, 0.3) is 11.0 Å². The van der Waals surface area contributed by atoms with Gasteiger partial charge in [0.1, 0.15) is 18.2 Å². The SMILES string of the molecule is Cc1ccc(C)c(OCCn2c(CSc3ccccc3)nc3ccccc32)c1. The van der Waals surface area contributed by atoms with Crippen molar-refractivity contribution in [3.8, 4) is 5.75 Å². The van der Waals surface area contributed by atoms with Gasteiger partial charge in [-0.1, -0.05) is 42.5 Å². The Kier molecular flexibility index (Phi) is 5.68. The van der Waals surface area contributed by atoms with Crippen LogP contribution < -0.4 is 4.74 Å². The van der Waals surface area contributed by atoms with E-state index in [1.54, 1.807) is 0 Å². The number of fused-ring (bicyclic) bond motifs is 1. The number of ether oxygens (including phenoxy) is 1. The Hall–Kier alpha value is -2.72. The summed E-state index contributed by atoms with van der Waals surface area (Å²) in [6, 6.07) is 25.1. The van der Waals surface area contributed by atoms with Crippen LogP contribution in [0.2, 0.25) is 0 Å². The van der Waals surface area contributed by atoms with Crippen LogP contribution in [-0.4, -0.2) is 16.2 Å². The average Bonchev–Trinajstić information content (AvgIpc) is 3.07. The highest BCUT2D eigenvalue weighted by molar-refractivity contribution is 7.98. The van der Waals surface area contributed by atoms with Crippen molar-refractivity contribution in [2.75, 3.05) is 6.61 Å². The Bertz CT molecular complexity index is 1070. The molecule has 0 atom stereocenters. The zero-order valence-electron chi connectivity index (χ0n) is 16.3. The van der Waals surface area contributed by atoms with E-state index in [-0.39, 0.29) is 0 Å². The van der Waals surface area contributed by atoms with Crippen molar-refractivity contribution in [2.24, 2.45) is 0 Å². The second-order valence-electron chi connectivity index (χ2n) is 6.89. The van der Waals surface area contributed by atoms with Crippen LogP contribution >= 0.6 is 11.8 Å². The Morgan fingerprint density at radius 2 is 1.71 bits per heavy atom. The quantitative estimate of drug-likeness (QED) is 0.362. The third kappa shape index (κ3) is 4.23. The molecule has 0 unspecified atom stereocenters. The lowest BCUT2D eigenvalue weighted by Crippen LogP contribution is -2.11. The molecular formula is C24H24N2OS. The summed E-state index contributed by atoms with van der Waals surface area (Å²) < 4.78 is 8.39. The molecule has 1 heterocycles. The zero-order valence-corrected chi connectivity index (χ0v) is 17.1.